The Morgan fingerprint density at radius 3 is 2.45 bits per heavy atom. The molecule has 3 aromatic rings. The molecule has 1 amide bonds. The van der Waals surface area contributed by atoms with E-state index in [4.69, 9.17) is 4.74 Å². The first-order valence-corrected chi connectivity index (χ1v) is 9.21. The summed E-state index contributed by atoms with van der Waals surface area (Å²) in [5.41, 5.74) is 4.36. The fraction of sp³-hybridized carbons (Fsp3) is 0.182. The van der Waals surface area contributed by atoms with E-state index in [1.807, 2.05) is 26.0 Å². The van der Waals surface area contributed by atoms with E-state index in [-0.39, 0.29) is 11.6 Å². The van der Waals surface area contributed by atoms with Gasteiger partial charge in [0.15, 0.2) is 0 Å². The molecular weight excluding hydrogens is 368 g/mol. The van der Waals surface area contributed by atoms with Gasteiger partial charge in [-0.2, -0.15) is 0 Å². The van der Waals surface area contributed by atoms with E-state index < -0.39 is 5.97 Å². The van der Waals surface area contributed by atoms with Gasteiger partial charge in [-0.05, 0) is 56.7 Å². The topological polar surface area (TPSA) is 93.2 Å². The smallest absolute Gasteiger partial charge is 0.338 e. The SMILES string of the molecule is CCOC(=O)c1ccc(NC(=O)c2cc(Nc3ccc(C)cc3C)ncn2)cc1. The van der Waals surface area contributed by atoms with Crippen molar-refractivity contribution in [2.24, 2.45) is 0 Å². The first-order chi connectivity index (χ1) is 14.0. The number of ether oxygens (including phenoxy) is 1. The molecule has 2 N–H and O–H groups in total. The Labute approximate surface area is 169 Å². The van der Waals surface area contributed by atoms with Crippen molar-refractivity contribution in [2.45, 2.75) is 20.8 Å². The van der Waals surface area contributed by atoms with Crippen LogP contribution in [0.5, 0.6) is 0 Å². The van der Waals surface area contributed by atoms with Crippen molar-refractivity contribution in [1.82, 2.24) is 9.97 Å². The predicted octanol–water partition coefficient (Wildman–Crippen LogP) is 4.27. The van der Waals surface area contributed by atoms with Crippen molar-refractivity contribution in [3.63, 3.8) is 0 Å². The number of carbonyl (C=O) groups is 2. The number of rotatable bonds is 6. The minimum atomic E-state index is -0.400. The second-order valence-electron chi connectivity index (χ2n) is 6.48. The average molecular weight is 390 g/mol. The number of aromatic nitrogens is 2. The van der Waals surface area contributed by atoms with Crippen LogP contribution in [0, 0.1) is 13.8 Å². The number of amides is 1. The van der Waals surface area contributed by atoms with Crippen molar-refractivity contribution in [3.8, 4) is 0 Å². The second-order valence-corrected chi connectivity index (χ2v) is 6.48. The summed E-state index contributed by atoms with van der Waals surface area (Å²) in [6, 6.07) is 14.1. The van der Waals surface area contributed by atoms with Gasteiger partial charge in [-0.25, -0.2) is 14.8 Å². The quantitative estimate of drug-likeness (QED) is 0.611. The molecule has 148 valence electrons. The standard InChI is InChI=1S/C22H22N4O3/c1-4-29-22(28)16-6-8-17(9-7-16)25-21(27)19-12-20(24-13-23-19)26-18-10-5-14(2)11-15(18)3/h5-13H,4H2,1-3H3,(H,25,27)(H,23,24,26). The van der Waals surface area contributed by atoms with E-state index in [1.165, 1.54) is 11.9 Å². The highest BCUT2D eigenvalue weighted by Gasteiger charge is 2.11. The Bertz CT molecular complexity index is 1030. The van der Waals surface area contributed by atoms with E-state index in [2.05, 4.69) is 26.7 Å². The monoisotopic (exact) mass is 390 g/mol. The second kappa shape index (κ2) is 8.97. The number of hydrogen-bond donors (Lipinski definition) is 2. The van der Waals surface area contributed by atoms with Crippen LogP contribution in [0.4, 0.5) is 17.2 Å². The Morgan fingerprint density at radius 2 is 1.76 bits per heavy atom. The highest BCUT2D eigenvalue weighted by atomic mass is 16.5. The number of aryl methyl sites for hydroxylation is 2. The summed E-state index contributed by atoms with van der Waals surface area (Å²) in [7, 11) is 0. The predicted molar refractivity (Wildman–Crippen MR) is 112 cm³/mol. The molecule has 3 rings (SSSR count). The minimum absolute atomic E-state index is 0.224. The van der Waals surface area contributed by atoms with Crippen LogP contribution in [-0.2, 0) is 4.74 Å². The lowest BCUT2D eigenvalue weighted by molar-refractivity contribution is 0.0526. The zero-order chi connectivity index (χ0) is 20.8. The lowest BCUT2D eigenvalue weighted by Gasteiger charge is -2.10. The molecule has 0 atom stereocenters. The molecule has 0 aliphatic carbocycles. The molecule has 0 saturated carbocycles. The Hall–Kier alpha value is -3.74. The Balaban J connectivity index is 1.70. The van der Waals surface area contributed by atoms with Crippen LogP contribution in [0.25, 0.3) is 0 Å². The van der Waals surface area contributed by atoms with Crippen LogP contribution in [-0.4, -0.2) is 28.5 Å². The zero-order valence-electron chi connectivity index (χ0n) is 16.5. The first-order valence-electron chi connectivity index (χ1n) is 9.21. The molecule has 0 radical (unpaired) electrons. The van der Waals surface area contributed by atoms with E-state index >= 15 is 0 Å². The summed E-state index contributed by atoms with van der Waals surface area (Å²) in [5.74, 6) is -0.252. The number of nitrogens with one attached hydrogen (secondary N) is 2. The third-order valence-electron chi connectivity index (χ3n) is 4.20. The molecule has 0 aliphatic rings. The molecule has 0 fully saturated rings. The van der Waals surface area contributed by atoms with E-state index in [1.54, 1.807) is 37.3 Å². The summed E-state index contributed by atoms with van der Waals surface area (Å²) >= 11 is 0. The summed E-state index contributed by atoms with van der Waals surface area (Å²) < 4.78 is 4.94. The van der Waals surface area contributed by atoms with Gasteiger partial charge >= 0.3 is 5.97 Å². The van der Waals surface area contributed by atoms with E-state index in [0.717, 1.165) is 11.3 Å². The number of nitrogens with zero attached hydrogens (tertiary/aromatic N) is 2. The fourth-order valence-corrected chi connectivity index (χ4v) is 2.74. The first kappa shape index (κ1) is 20.0. The van der Waals surface area contributed by atoms with Gasteiger partial charge in [-0.1, -0.05) is 17.7 Å². The molecule has 1 heterocycles. The molecule has 7 heteroatoms. The molecule has 0 bridgehead atoms. The van der Waals surface area contributed by atoms with Crippen LogP contribution in [0.15, 0.2) is 54.9 Å². The van der Waals surface area contributed by atoms with Gasteiger partial charge in [-0.3, -0.25) is 4.79 Å². The van der Waals surface area contributed by atoms with Crippen LogP contribution in [0.2, 0.25) is 0 Å². The third kappa shape index (κ3) is 5.16. The molecule has 0 spiro atoms. The van der Waals surface area contributed by atoms with Crippen LogP contribution in [0.1, 0.15) is 38.9 Å². The van der Waals surface area contributed by atoms with Gasteiger partial charge in [0.25, 0.3) is 5.91 Å². The summed E-state index contributed by atoms with van der Waals surface area (Å²) in [6.45, 7) is 6.09. The van der Waals surface area contributed by atoms with Crippen molar-refractivity contribution >= 4 is 29.1 Å². The maximum atomic E-state index is 12.5. The van der Waals surface area contributed by atoms with Gasteiger partial charge in [0.05, 0.1) is 12.2 Å². The minimum Gasteiger partial charge on any atom is -0.462 e. The molecule has 1 aromatic heterocycles. The van der Waals surface area contributed by atoms with Gasteiger partial charge in [-0.15, -0.1) is 0 Å². The molecule has 0 aliphatic heterocycles. The number of hydrogen-bond acceptors (Lipinski definition) is 6. The van der Waals surface area contributed by atoms with Crippen LogP contribution < -0.4 is 10.6 Å². The van der Waals surface area contributed by atoms with Crippen molar-refractivity contribution in [3.05, 3.63) is 77.2 Å². The van der Waals surface area contributed by atoms with Crippen molar-refractivity contribution in [1.29, 1.82) is 0 Å². The van der Waals surface area contributed by atoms with Crippen molar-refractivity contribution in [2.75, 3.05) is 17.2 Å². The number of anilines is 3. The Morgan fingerprint density at radius 1 is 1.00 bits per heavy atom. The zero-order valence-corrected chi connectivity index (χ0v) is 16.5. The van der Waals surface area contributed by atoms with Gasteiger partial charge in [0, 0.05) is 17.4 Å². The lowest BCUT2D eigenvalue weighted by Crippen LogP contribution is -2.14. The molecule has 7 nitrogen and oxygen atoms in total. The van der Waals surface area contributed by atoms with Gasteiger partial charge < -0.3 is 15.4 Å². The summed E-state index contributed by atoms with van der Waals surface area (Å²) in [6.07, 6.45) is 1.34. The van der Waals surface area contributed by atoms with E-state index in [9.17, 15) is 9.59 Å². The summed E-state index contributed by atoms with van der Waals surface area (Å²) in [4.78, 5) is 32.5. The third-order valence-corrected chi connectivity index (χ3v) is 4.20. The highest BCUT2D eigenvalue weighted by molar-refractivity contribution is 6.03. The number of carbonyl (C=O) groups excluding carboxylic acids is 2. The Kier molecular flexibility index (Phi) is 6.19. The van der Waals surface area contributed by atoms with Crippen LogP contribution >= 0.6 is 0 Å². The largest absolute Gasteiger partial charge is 0.462 e. The van der Waals surface area contributed by atoms with Crippen molar-refractivity contribution < 1.29 is 14.3 Å². The van der Waals surface area contributed by atoms with Crippen LogP contribution in [0.3, 0.4) is 0 Å². The maximum Gasteiger partial charge on any atom is 0.338 e. The molecule has 29 heavy (non-hydrogen) atoms. The highest BCUT2D eigenvalue weighted by Crippen LogP contribution is 2.20. The number of esters is 1. The molecular formula is C22H22N4O3. The lowest BCUT2D eigenvalue weighted by atomic mass is 10.1. The van der Waals surface area contributed by atoms with Gasteiger partial charge in [0.2, 0.25) is 0 Å². The molecule has 2 aromatic carbocycles. The molecule has 0 unspecified atom stereocenters. The average Bonchev–Trinajstić information content (AvgIpc) is 2.71. The maximum absolute atomic E-state index is 12.5. The molecule has 0 saturated heterocycles. The normalized spacial score (nSPS) is 10.3. The fourth-order valence-electron chi connectivity index (χ4n) is 2.74. The summed E-state index contributed by atoms with van der Waals surface area (Å²) in [5, 5.41) is 5.97. The van der Waals surface area contributed by atoms with Gasteiger partial charge in [0.1, 0.15) is 17.8 Å². The number of benzene rings is 2. The van der Waals surface area contributed by atoms with E-state index in [0.29, 0.717) is 23.7 Å².